The zero-order chi connectivity index (χ0) is 13.4. The van der Waals surface area contributed by atoms with Gasteiger partial charge in [0.1, 0.15) is 0 Å². The Morgan fingerprint density at radius 2 is 1.94 bits per heavy atom. The Bertz CT molecular complexity index is 361. The van der Waals surface area contributed by atoms with Crippen molar-refractivity contribution in [3.8, 4) is 0 Å². The molecule has 0 heterocycles. The van der Waals surface area contributed by atoms with E-state index < -0.39 is 0 Å². The number of aliphatic hydroxyl groups is 1. The molecule has 1 aromatic carbocycles. The molecule has 18 heavy (non-hydrogen) atoms. The van der Waals surface area contributed by atoms with Crippen molar-refractivity contribution in [1.82, 2.24) is 5.32 Å². The SMILES string of the molecule is CC(N)CCCC(=O)NCc1ccc(CO)cc1. The molecule has 0 radical (unpaired) electrons. The molecular weight excluding hydrogens is 228 g/mol. The maximum Gasteiger partial charge on any atom is 0.220 e. The number of hydrogen-bond acceptors (Lipinski definition) is 3. The Morgan fingerprint density at radius 1 is 1.33 bits per heavy atom. The molecule has 0 aliphatic heterocycles. The van der Waals surface area contributed by atoms with Crippen LogP contribution in [-0.2, 0) is 17.9 Å². The molecule has 4 nitrogen and oxygen atoms in total. The van der Waals surface area contributed by atoms with Gasteiger partial charge in [0, 0.05) is 19.0 Å². The number of amides is 1. The van der Waals surface area contributed by atoms with Crippen LogP contribution in [0.5, 0.6) is 0 Å². The third-order valence-electron chi connectivity index (χ3n) is 2.76. The zero-order valence-corrected chi connectivity index (χ0v) is 10.9. The van der Waals surface area contributed by atoms with Crippen molar-refractivity contribution in [3.05, 3.63) is 35.4 Å². The van der Waals surface area contributed by atoms with Crippen LogP contribution in [0, 0.1) is 0 Å². The summed E-state index contributed by atoms with van der Waals surface area (Å²) in [5, 5.41) is 11.8. The molecular formula is C14H22N2O2. The Kier molecular flexibility index (Phi) is 6.39. The lowest BCUT2D eigenvalue weighted by Crippen LogP contribution is -2.23. The summed E-state index contributed by atoms with van der Waals surface area (Å²) < 4.78 is 0. The van der Waals surface area contributed by atoms with E-state index in [1.54, 1.807) is 0 Å². The van der Waals surface area contributed by atoms with Gasteiger partial charge in [0.25, 0.3) is 0 Å². The van der Waals surface area contributed by atoms with E-state index in [4.69, 9.17) is 10.8 Å². The molecule has 0 bridgehead atoms. The summed E-state index contributed by atoms with van der Waals surface area (Å²) in [7, 11) is 0. The molecule has 0 fully saturated rings. The van der Waals surface area contributed by atoms with Crippen LogP contribution in [0.1, 0.15) is 37.3 Å². The van der Waals surface area contributed by atoms with Crippen molar-refractivity contribution in [1.29, 1.82) is 0 Å². The number of benzene rings is 1. The molecule has 0 aromatic heterocycles. The summed E-state index contributed by atoms with van der Waals surface area (Å²) >= 11 is 0. The highest BCUT2D eigenvalue weighted by molar-refractivity contribution is 5.75. The molecule has 4 N–H and O–H groups in total. The third-order valence-corrected chi connectivity index (χ3v) is 2.76. The first-order chi connectivity index (χ1) is 8.61. The van der Waals surface area contributed by atoms with E-state index in [1.807, 2.05) is 31.2 Å². The van der Waals surface area contributed by atoms with Crippen molar-refractivity contribution in [2.75, 3.05) is 0 Å². The largest absolute Gasteiger partial charge is 0.392 e. The molecule has 0 saturated carbocycles. The Morgan fingerprint density at radius 3 is 2.50 bits per heavy atom. The summed E-state index contributed by atoms with van der Waals surface area (Å²) in [4.78, 5) is 11.5. The number of aliphatic hydroxyl groups excluding tert-OH is 1. The van der Waals surface area contributed by atoms with E-state index in [1.165, 1.54) is 0 Å². The topological polar surface area (TPSA) is 75.4 Å². The van der Waals surface area contributed by atoms with E-state index >= 15 is 0 Å². The number of carbonyl (C=O) groups excluding carboxylic acids is 1. The minimum atomic E-state index is 0.0455. The lowest BCUT2D eigenvalue weighted by atomic mass is 10.1. The quantitative estimate of drug-likeness (QED) is 0.683. The Hall–Kier alpha value is -1.39. The number of carbonyl (C=O) groups is 1. The van der Waals surface area contributed by atoms with Gasteiger partial charge in [-0.25, -0.2) is 0 Å². The Balaban J connectivity index is 2.24. The van der Waals surface area contributed by atoms with E-state index in [0.717, 1.165) is 24.0 Å². The van der Waals surface area contributed by atoms with Gasteiger partial charge in [-0.05, 0) is 30.9 Å². The maximum absolute atomic E-state index is 11.5. The predicted molar refractivity (Wildman–Crippen MR) is 71.7 cm³/mol. The fourth-order valence-corrected chi connectivity index (χ4v) is 1.64. The lowest BCUT2D eigenvalue weighted by molar-refractivity contribution is -0.121. The summed E-state index contributed by atoms with van der Waals surface area (Å²) in [6, 6.07) is 7.69. The normalized spacial score (nSPS) is 12.2. The van der Waals surface area contributed by atoms with Crippen LogP contribution in [0.15, 0.2) is 24.3 Å². The third kappa shape index (κ3) is 5.80. The number of nitrogens with one attached hydrogen (secondary N) is 1. The van der Waals surface area contributed by atoms with Crippen LogP contribution >= 0.6 is 0 Å². The molecule has 1 amide bonds. The fraction of sp³-hybridized carbons (Fsp3) is 0.500. The molecule has 0 saturated heterocycles. The molecule has 100 valence electrons. The molecule has 1 aromatic rings. The minimum absolute atomic E-state index is 0.0455. The van der Waals surface area contributed by atoms with Crippen molar-refractivity contribution in [2.45, 2.75) is 45.4 Å². The first-order valence-electron chi connectivity index (χ1n) is 6.32. The van der Waals surface area contributed by atoms with E-state index in [-0.39, 0.29) is 18.6 Å². The predicted octanol–water partition coefficient (Wildman–Crippen LogP) is 1.31. The van der Waals surface area contributed by atoms with Crippen LogP contribution in [0.2, 0.25) is 0 Å². The summed E-state index contributed by atoms with van der Waals surface area (Å²) in [6.07, 6.45) is 2.22. The smallest absolute Gasteiger partial charge is 0.220 e. The second-order valence-electron chi connectivity index (χ2n) is 4.62. The standard InChI is InChI=1S/C14H22N2O2/c1-11(15)3-2-4-14(18)16-9-12-5-7-13(10-17)8-6-12/h5-8,11,17H,2-4,9-10,15H2,1H3,(H,16,18). The highest BCUT2D eigenvalue weighted by atomic mass is 16.3. The van der Waals surface area contributed by atoms with Crippen LogP contribution in [0.25, 0.3) is 0 Å². The first kappa shape index (κ1) is 14.7. The second-order valence-corrected chi connectivity index (χ2v) is 4.62. The molecule has 1 rings (SSSR count). The van der Waals surface area contributed by atoms with Gasteiger partial charge in [-0.2, -0.15) is 0 Å². The zero-order valence-electron chi connectivity index (χ0n) is 10.9. The van der Waals surface area contributed by atoms with Crippen LogP contribution in [-0.4, -0.2) is 17.1 Å². The molecule has 0 spiro atoms. The van der Waals surface area contributed by atoms with E-state index in [0.29, 0.717) is 13.0 Å². The molecule has 0 aliphatic carbocycles. The van der Waals surface area contributed by atoms with Gasteiger partial charge in [-0.3, -0.25) is 4.79 Å². The van der Waals surface area contributed by atoms with Gasteiger partial charge in [0.2, 0.25) is 5.91 Å². The van der Waals surface area contributed by atoms with Gasteiger partial charge < -0.3 is 16.2 Å². The maximum atomic E-state index is 11.5. The summed E-state index contributed by atoms with van der Waals surface area (Å²) in [5.74, 6) is 0.0573. The first-order valence-corrected chi connectivity index (χ1v) is 6.32. The molecule has 0 aliphatic rings. The number of rotatable bonds is 7. The van der Waals surface area contributed by atoms with Gasteiger partial charge in [0.05, 0.1) is 6.61 Å². The highest BCUT2D eigenvalue weighted by Crippen LogP contribution is 2.04. The Labute approximate surface area is 108 Å². The van der Waals surface area contributed by atoms with Crippen LogP contribution in [0.4, 0.5) is 0 Å². The lowest BCUT2D eigenvalue weighted by Gasteiger charge is -2.07. The van der Waals surface area contributed by atoms with Crippen LogP contribution in [0.3, 0.4) is 0 Å². The number of hydrogen-bond donors (Lipinski definition) is 3. The monoisotopic (exact) mass is 250 g/mol. The molecule has 4 heteroatoms. The van der Waals surface area contributed by atoms with Gasteiger partial charge in [-0.1, -0.05) is 24.3 Å². The van der Waals surface area contributed by atoms with Crippen molar-refractivity contribution >= 4 is 5.91 Å². The minimum Gasteiger partial charge on any atom is -0.392 e. The summed E-state index contributed by atoms with van der Waals surface area (Å²) in [6.45, 7) is 2.52. The van der Waals surface area contributed by atoms with Gasteiger partial charge in [-0.15, -0.1) is 0 Å². The average Bonchev–Trinajstić information content (AvgIpc) is 2.36. The average molecular weight is 250 g/mol. The fourth-order valence-electron chi connectivity index (χ4n) is 1.64. The van der Waals surface area contributed by atoms with Crippen molar-refractivity contribution < 1.29 is 9.90 Å². The van der Waals surface area contributed by atoms with Crippen LogP contribution < -0.4 is 11.1 Å². The molecule has 1 atom stereocenters. The van der Waals surface area contributed by atoms with Crippen molar-refractivity contribution in [2.24, 2.45) is 5.73 Å². The summed E-state index contributed by atoms with van der Waals surface area (Å²) in [5.41, 5.74) is 7.53. The van der Waals surface area contributed by atoms with Gasteiger partial charge >= 0.3 is 0 Å². The van der Waals surface area contributed by atoms with E-state index in [9.17, 15) is 4.79 Å². The number of nitrogens with two attached hydrogens (primary N) is 1. The van der Waals surface area contributed by atoms with E-state index in [2.05, 4.69) is 5.32 Å². The van der Waals surface area contributed by atoms with Crippen molar-refractivity contribution in [3.63, 3.8) is 0 Å². The van der Waals surface area contributed by atoms with Gasteiger partial charge in [0.15, 0.2) is 0 Å². The highest BCUT2D eigenvalue weighted by Gasteiger charge is 2.02. The molecule has 1 unspecified atom stereocenters. The second kappa shape index (κ2) is 7.84.